The summed E-state index contributed by atoms with van der Waals surface area (Å²) in [5.74, 6) is -2.05. The van der Waals surface area contributed by atoms with Gasteiger partial charge in [-0.3, -0.25) is 4.79 Å². The highest BCUT2D eigenvalue weighted by atomic mass is 32.2. The summed E-state index contributed by atoms with van der Waals surface area (Å²) in [6, 6.07) is 4.84. The lowest BCUT2D eigenvalue weighted by molar-refractivity contribution is 0.100. The predicted octanol–water partition coefficient (Wildman–Crippen LogP) is 0.0571. The molecule has 1 amide bonds. The molecule has 1 unspecified atom stereocenters. The fraction of sp³-hybridized carbons (Fsp3) is 0.308. The quantitative estimate of drug-likeness (QED) is 0.584. The minimum atomic E-state index is -3.56. The van der Waals surface area contributed by atoms with Crippen molar-refractivity contribution in [3.05, 3.63) is 28.8 Å². The Morgan fingerprint density at radius 2 is 2.14 bits per heavy atom. The van der Waals surface area contributed by atoms with Crippen molar-refractivity contribution in [1.29, 1.82) is 5.26 Å². The normalized spacial score (nSPS) is 18.6. The molecule has 0 saturated heterocycles. The van der Waals surface area contributed by atoms with E-state index in [0.717, 1.165) is 0 Å². The van der Waals surface area contributed by atoms with Crippen molar-refractivity contribution >= 4 is 21.7 Å². The molecule has 0 aliphatic carbocycles. The van der Waals surface area contributed by atoms with Crippen molar-refractivity contribution in [2.75, 3.05) is 5.75 Å². The van der Waals surface area contributed by atoms with E-state index in [9.17, 15) is 13.2 Å². The summed E-state index contributed by atoms with van der Waals surface area (Å²) in [5, 5.41) is 9.07. The van der Waals surface area contributed by atoms with Gasteiger partial charge in [-0.1, -0.05) is 13.0 Å². The first-order chi connectivity index (χ1) is 9.80. The van der Waals surface area contributed by atoms with E-state index in [4.69, 9.17) is 16.7 Å². The Hall–Kier alpha value is -2.40. The predicted molar refractivity (Wildman–Crippen MR) is 76.4 cm³/mol. The number of amides is 1. The first kappa shape index (κ1) is 15.0. The number of sulfone groups is 1. The van der Waals surface area contributed by atoms with Gasteiger partial charge in [0.15, 0.2) is 15.8 Å². The first-order valence-electron chi connectivity index (χ1n) is 6.23. The molecule has 4 N–H and O–H groups in total. The molecule has 0 spiro atoms. The second kappa shape index (κ2) is 5.18. The van der Waals surface area contributed by atoms with Crippen molar-refractivity contribution in [2.45, 2.75) is 24.2 Å². The Labute approximate surface area is 122 Å². The molecule has 7 nitrogen and oxygen atoms in total. The molecule has 1 aliphatic heterocycles. The molecule has 0 saturated carbocycles. The molecular weight excluding hydrogens is 292 g/mol. The van der Waals surface area contributed by atoms with E-state index in [-0.39, 0.29) is 22.2 Å². The van der Waals surface area contributed by atoms with Crippen LogP contribution in [0.3, 0.4) is 0 Å². The van der Waals surface area contributed by atoms with Crippen LogP contribution in [-0.4, -0.2) is 26.0 Å². The third-order valence-corrected chi connectivity index (χ3v) is 5.13. The van der Waals surface area contributed by atoms with Gasteiger partial charge in [0.1, 0.15) is 0 Å². The van der Waals surface area contributed by atoms with Crippen LogP contribution < -0.4 is 11.5 Å². The minimum Gasteiger partial charge on any atom is -0.370 e. The van der Waals surface area contributed by atoms with Gasteiger partial charge in [0.2, 0.25) is 0 Å². The van der Waals surface area contributed by atoms with Crippen molar-refractivity contribution in [3.63, 3.8) is 0 Å². The standard InChI is InChI=1S/C13H14N4O3S/c1-2-7-3-9-8(5-14)6-21(19,20)11(9)4-10(7)12(18)17-13(15)16/h3-4,8H,2,6H2,1H3,(H4,15,16,17,18). The smallest absolute Gasteiger partial charge is 0.280 e. The second-order valence-corrected chi connectivity index (χ2v) is 6.71. The molecule has 1 aliphatic rings. The molecule has 1 atom stereocenters. The fourth-order valence-corrected chi connectivity index (χ4v) is 4.09. The molecule has 1 heterocycles. The van der Waals surface area contributed by atoms with E-state index in [1.807, 2.05) is 13.0 Å². The Bertz CT molecular complexity index is 786. The number of benzene rings is 1. The first-order valence-corrected chi connectivity index (χ1v) is 7.88. The number of hydrogen-bond acceptors (Lipinski definition) is 4. The van der Waals surface area contributed by atoms with Gasteiger partial charge in [-0.2, -0.15) is 10.3 Å². The molecule has 1 aromatic carbocycles. The van der Waals surface area contributed by atoms with Crippen molar-refractivity contribution < 1.29 is 13.2 Å². The van der Waals surface area contributed by atoms with Gasteiger partial charge in [-0.25, -0.2) is 8.42 Å². The molecule has 0 radical (unpaired) electrons. The van der Waals surface area contributed by atoms with Crippen LogP contribution in [0, 0.1) is 11.3 Å². The fourth-order valence-electron chi connectivity index (χ4n) is 2.36. The average molecular weight is 306 g/mol. The van der Waals surface area contributed by atoms with Gasteiger partial charge in [0.25, 0.3) is 5.91 Å². The maximum Gasteiger partial charge on any atom is 0.280 e. The maximum absolute atomic E-state index is 12.1. The Morgan fingerprint density at radius 3 is 2.67 bits per heavy atom. The van der Waals surface area contributed by atoms with Gasteiger partial charge in [0.05, 0.1) is 22.6 Å². The van der Waals surface area contributed by atoms with Crippen LogP contribution in [0.25, 0.3) is 0 Å². The number of carbonyl (C=O) groups is 1. The molecular formula is C13H14N4O3S. The summed E-state index contributed by atoms with van der Waals surface area (Å²) >= 11 is 0. The molecule has 8 heteroatoms. The second-order valence-electron chi connectivity index (χ2n) is 4.71. The van der Waals surface area contributed by atoms with E-state index in [2.05, 4.69) is 4.99 Å². The highest BCUT2D eigenvalue weighted by Crippen LogP contribution is 2.36. The number of aryl methyl sites for hydroxylation is 1. The molecule has 0 bridgehead atoms. The number of nitrogens with two attached hydrogens (primary N) is 2. The highest BCUT2D eigenvalue weighted by Gasteiger charge is 2.36. The number of guanidine groups is 1. The van der Waals surface area contributed by atoms with Gasteiger partial charge in [-0.05, 0) is 23.6 Å². The van der Waals surface area contributed by atoms with Crippen LogP contribution in [-0.2, 0) is 16.3 Å². The third kappa shape index (κ3) is 2.60. The summed E-state index contributed by atoms with van der Waals surface area (Å²) in [7, 11) is -3.56. The lowest BCUT2D eigenvalue weighted by Crippen LogP contribution is -2.24. The number of aliphatic imine (C=N–C) groups is 1. The molecule has 21 heavy (non-hydrogen) atoms. The van der Waals surface area contributed by atoms with Crippen molar-refractivity contribution in [1.82, 2.24) is 0 Å². The molecule has 1 aromatic rings. The van der Waals surface area contributed by atoms with Gasteiger partial charge in [-0.15, -0.1) is 0 Å². The van der Waals surface area contributed by atoms with Crippen LogP contribution in [0.5, 0.6) is 0 Å². The van der Waals surface area contributed by atoms with E-state index < -0.39 is 21.7 Å². The number of hydrogen-bond donors (Lipinski definition) is 2. The largest absolute Gasteiger partial charge is 0.370 e. The summed E-state index contributed by atoms with van der Waals surface area (Å²) in [5.41, 5.74) is 11.6. The van der Waals surface area contributed by atoms with Crippen LogP contribution in [0.2, 0.25) is 0 Å². The monoisotopic (exact) mass is 306 g/mol. The maximum atomic E-state index is 12.1. The van der Waals surface area contributed by atoms with E-state index in [0.29, 0.717) is 17.5 Å². The van der Waals surface area contributed by atoms with Gasteiger partial charge in [0, 0.05) is 5.56 Å². The van der Waals surface area contributed by atoms with Gasteiger partial charge < -0.3 is 11.5 Å². The Balaban J connectivity index is 2.70. The number of carbonyl (C=O) groups excluding carboxylic acids is 1. The summed E-state index contributed by atoms with van der Waals surface area (Å²) in [6.45, 7) is 1.82. The average Bonchev–Trinajstić information content (AvgIpc) is 2.67. The number of rotatable bonds is 2. The molecule has 110 valence electrons. The van der Waals surface area contributed by atoms with Crippen LogP contribution in [0.1, 0.15) is 34.3 Å². The summed E-state index contributed by atoms with van der Waals surface area (Å²) < 4.78 is 24.1. The summed E-state index contributed by atoms with van der Waals surface area (Å²) in [4.78, 5) is 15.4. The number of nitrogens with zero attached hydrogens (tertiary/aromatic N) is 2. The van der Waals surface area contributed by atoms with Crippen LogP contribution in [0.4, 0.5) is 0 Å². The van der Waals surface area contributed by atoms with E-state index in [1.165, 1.54) is 6.07 Å². The van der Waals surface area contributed by atoms with Crippen LogP contribution in [0.15, 0.2) is 22.0 Å². The SMILES string of the molecule is CCc1cc2c(cc1C(=O)N=C(N)N)S(=O)(=O)CC2C#N. The highest BCUT2D eigenvalue weighted by molar-refractivity contribution is 7.91. The minimum absolute atomic E-state index is 0.0143. The molecule has 2 rings (SSSR count). The topological polar surface area (TPSA) is 139 Å². The molecule has 0 aromatic heterocycles. The van der Waals surface area contributed by atoms with Gasteiger partial charge >= 0.3 is 0 Å². The van der Waals surface area contributed by atoms with Crippen molar-refractivity contribution in [2.24, 2.45) is 16.5 Å². The van der Waals surface area contributed by atoms with Crippen LogP contribution >= 0.6 is 0 Å². The summed E-state index contributed by atoms with van der Waals surface area (Å²) in [6.07, 6.45) is 0.493. The zero-order chi connectivity index (χ0) is 15.8. The van der Waals surface area contributed by atoms with E-state index >= 15 is 0 Å². The lowest BCUT2D eigenvalue weighted by Gasteiger charge is -2.09. The zero-order valence-corrected chi connectivity index (χ0v) is 12.1. The number of fused-ring (bicyclic) bond motifs is 1. The lowest BCUT2D eigenvalue weighted by atomic mass is 9.95. The Morgan fingerprint density at radius 1 is 1.48 bits per heavy atom. The third-order valence-electron chi connectivity index (χ3n) is 3.33. The Kier molecular flexibility index (Phi) is 3.70. The molecule has 0 fully saturated rings. The van der Waals surface area contributed by atoms with E-state index in [1.54, 1.807) is 6.07 Å². The number of nitriles is 1. The van der Waals surface area contributed by atoms with Crippen molar-refractivity contribution in [3.8, 4) is 6.07 Å². The zero-order valence-electron chi connectivity index (χ0n) is 11.3.